The zero-order valence-corrected chi connectivity index (χ0v) is 12.6. The molecular weight excluding hydrogens is 263 g/mol. The average Bonchev–Trinajstić information content (AvgIpc) is 2.68. The second-order valence-corrected chi connectivity index (χ2v) is 6.25. The van der Waals surface area contributed by atoms with E-state index in [2.05, 4.69) is 18.0 Å². The van der Waals surface area contributed by atoms with Gasteiger partial charge in [0, 0.05) is 17.6 Å². The molecule has 0 spiro atoms. The third-order valence-corrected chi connectivity index (χ3v) is 5.04. The Morgan fingerprint density at radius 2 is 2.00 bits per heavy atom. The van der Waals surface area contributed by atoms with E-state index in [1.54, 1.807) is 12.1 Å². The number of rotatable bonds is 2. The van der Waals surface area contributed by atoms with Crippen LogP contribution < -0.4 is 5.73 Å². The minimum absolute atomic E-state index is 0.187. The van der Waals surface area contributed by atoms with E-state index in [-0.39, 0.29) is 5.82 Å². The number of pyridine rings is 1. The number of benzene rings is 1. The molecule has 3 atom stereocenters. The van der Waals surface area contributed by atoms with Gasteiger partial charge in [0.1, 0.15) is 5.82 Å². The summed E-state index contributed by atoms with van der Waals surface area (Å²) in [6, 6.07) is 7.25. The van der Waals surface area contributed by atoms with E-state index in [0.717, 1.165) is 36.6 Å². The molecule has 21 heavy (non-hydrogen) atoms. The van der Waals surface area contributed by atoms with Crippen LogP contribution in [0.15, 0.2) is 30.5 Å². The van der Waals surface area contributed by atoms with Crippen LogP contribution in [0.2, 0.25) is 0 Å². The van der Waals surface area contributed by atoms with E-state index in [1.807, 2.05) is 6.20 Å². The smallest absolute Gasteiger partial charge is 0.123 e. The van der Waals surface area contributed by atoms with Gasteiger partial charge in [-0.2, -0.15) is 0 Å². The van der Waals surface area contributed by atoms with Crippen molar-refractivity contribution in [2.45, 2.75) is 51.0 Å². The molecule has 1 aliphatic carbocycles. The summed E-state index contributed by atoms with van der Waals surface area (Å²) in [5, 5.41) is 0.964. The van der Waals surface area contributed by atoms with Crippen LogP contribution in [0.25, 0.3) is 10.9 Å². The highest BCUT2D eigenvalue weighted by molar-refractivity contribution is 5.82. The van der Waals surface area contributed by atoms with E-state index in [0.29, 0.717) is 17.9 Å². The number of hydrogen-bond acceptors (Lipinski definition) is 2. The van der Waals surface area contributed by atoms with Crippen molar-refractivity contribution in [2.75, 3.05) is 0 Å². The van der Waals surface area contributed by atoms with Crippen molar-refractivity contribution in [1.82, 2.24) is 4.98 Å². The Bertz CT molecular complexity index is 626. The van der Waals surface area contributed by atoms with Gasteiger partial charge < -0.3 is 5.73 Å². The lowest BCUT2D eigenvalue weighted by Gasteiger charge is -2.18. The van der Waals surface area contributed by atoms with Crippen molar-refractivity contribution in [3.05, 3.63) is 41.8 Å². The minimum Gasteiger partial charge on any atom is -0.327 e. The maximum Gasteiger partial charge on any atom is 0.123 e. The number of halogens is 1. The van der Waals surface area contributed by atoms with Crippen LogP contribution in [0.4, 0.5) is 4.39 Å². The van der Waals surface area contributed by atoms with Gasteiger partial charge in [0.2, 0.25) is 0 Å². The summed E-state index contributed by atoms with van der Waals surface area (Å²) in [7, 11) is 0. The molecule has 0 saturated heterocycles. The van der Waals surface area contributed by atoms with Crippen molar-refractivity contribution in [3.8, 4) is 0 Å². The van der Waals surface area contributed by atoms with Crippen molar-refractivity contribution in [3.63, 3.8) is 0 Å². The molecule has 0 aliphatic heterocycles. The van der Waals surface area contributed by atoms with Crippen molar-refractivity contribution in [2.24, 2.45) is 11.7 Å². The number of nitrogens with zero attached hydrogens (tertiary/aromatic N) is 1. The molecule has 0 radical (unpaired) electrons. The first kappa shape index (κ1) is 14.5. The van der Waals surface area contributed by atoms with Crippen LogP contribution in [-0.4, -0.2) is 11.0 Å². The lowest BCUT2D eigenvalue weighted by molar-refractivity contribution is 0.386. The third-order valence-electron chi connectivity index (χ3n) is 5.04. The number of nitrogens with two attached hydrogens (primary N) is 1. The van der Waals surface area contributed by atoms with Crippen molar-refractivity contribution in [1.29, 1.82) is 0 Å². The van der Waals surface area contributed by atoms with Crippen molar-refractivity contribution >= 4 is 10.9 Å². The summed E-state index contributed by atoms with van der Waals surface area (Å²) in [5.41, 5.74) is 8.42. The second kappa shape index (κ2) is 6.10. The fraction of sp³-hybridized carbons (Fsp3) is 0.500. The van der Waals surface area contributed by atoms with Gasteiger partial charge in [-0.05, 0) is 67.3 Å². The monoisotopic (exact) mass is 286 g/mol. The Morgan fingerprint density at radius 1 is 1.19 bits per heavy atom. The lowest BCUT2D eigenvalue weighted by atomic mass is 9.89. The molecule has 1 fully saturated rings. The van der Waals surface area contributed by atoms with Crippen LogP contribution in [0.1, 0.15) is 50.5 Å². The molecule has 2 nitrogen and oxygen atoms in total. The predicted octanol–water partition coefficient (Wildman–Crippen LogP) is 4.39. The normalized spacial score (nSPS) is 26.7. The summed E-state index contributed by atoms with van der Waals surface area (Å²) in [6.07, 6.45) is 7.45. The quantitative estimate of drug-likeness (QED) is 0.832. The minimum atomic E-state index is -0.187. The average molecular weight is 286 g/mol. The first-order valence-electron chi connectivity index (χ1n) is 7.98. The maximum atomic E-state index is 13.6. The van der Waals surface area contributed by atoms with Gasteiger partial charge in [-0.15, -0.1) is 0 Å². The Kier molecular flexibility index (Phi) is 4.20. The molecule has 2 N–H and O–H groups in total. The first-order chi connectivity index (χ1) is 10.2. The fourth-order valence-electron chi connectivity index (χ4n) is 3.72. The van der Waals surface area contributed by atoms with E-state index >= 15 is 0 Å². The van der Waals surface area contributed by atoms with Gasteiger partial charge in [0.15, 0.2) is 0 Å². The topological polar surface area (TPSA) is 38.9 Å². The van der Waals surface area contributed by atoms with E-state index in [1.165, 1.54) is 18.1 Å². The molecule has 3 heteroatoms. The van der Waals surface area contributed by atoms with Crippen molar-refractivity contribution < 1.29 is 4.39 Å². The van der Waals surface area contributed by atoms with Gasteiger partial charge >= 0.3 is 0 Å². The summed E-state index contributed by atoms with van der Waals surface area (Å²) in [6.45, 7) is 2.22. The van der Waals surface area contributed by atoms with Gasteiger partial charge in [0.25, 0.3) is 0 Å². The molecule has 1 heterocycles. The largest absolute Gasteiger partial charge is 0.327 e. The van der Waals surface area contributed by atoms with Gasteiger partial charge in [-0.25, -0.2) is 4.39 Å². The Labute approximate surface area is 125 Å². The van der Waals surface area contributed by atoms with Gasteiger partial charge in [-0.1, -0.05) is 13.3 Å². The predicted molar refractivity (Wildman–Crippen MR) is 84.7 cm³/mol. The summed E-state index contributed by atoms with van der Waals surface area (Å²) in [4.78, 5) is 4.36. The molecule has 112 valence electrons. The second-order valence-electron chi connectivity index (χ2n) is 6.25. The standard InChI is InChI=1S/C18H23FN2/c1-2-12-3-4-13(5-7-17(12)20)15-9-10-21-18-8-6-14(19)11-16(15)18/h6,8-13,17H,2-5,7,20H2,1H3. The molecule has 1 aliphatic rings. The van der Waals surface area contributed by atoms with Crippen LogP contribution >= 0.6 is 0 Å². The zero-order valence-electron chi connectivity index (χ0n) is 12.6. The fourth-order valence-corrected chi connectivity index (χ4v) is 3.72. The van der Waals surface area contributed by atoms with E-state index in [4.69, 9.17) is 5.73 Å². The van der Waals surface area contributed by atoms with Crippen LogP contribution in [0.3, 0.4) is 0 Å². The highest BCUT2D eigenvalue weighted by Crippen LogP contribution is 2.37. The number of hydrogen-bond donors (Lipinski definition) is 1. The molecule has 2 aromatic rings. The molecule has 1 saturated carbocycles. The first-order valence-corrected chi connectivity index (χ1v) is 7.98. The van der Waals surface area contributed by atoms with E-state index in [9.17, 15) is 4.39 Å². The molecule has 3 rings (SSSR count). The number of fused-ring (bicyclic) bond motifs is 1. The molecule has 3 unspecified atom stereocenters. The lowest BCUT2D eigenvalue weighted by Crippen LogP contribution is -2.28. The molecule has 1 aromatic heterocycles. The van der Waals surface area contributed by atoms with Gasteiger partial charge in [-0.3, -0.25) is 4.98 Å². The molecule has 1 aromatic carbocycles. The Balaban J connectivity index is 1.95. The number of aromatic nitrogens is 1. The third kappa shape index (κ3) is 2.93. The molecular formula is C18H23FN2. The molecule has 0 bridgehead atoms. The summed E-state index contributed by atoms with van der Waals surface area (Å²) >= 11 is 0. The maximum absolute atomic E-state index is 13.6. The Hall–Kier alpha value is -1.48. The van der Waals surface area contributed by atoms with E-state index < -0.39 is 0 Å². The highest BCUT2D eigenvalue weighted by atomic mass is 19.1. The van der Waals surface area contributed by atoms with Gasteiger partial charge in [0.05, 0.1) is 5.52 Å². The van der Waals surface area contributed by atoms with Crippen LogP contribution in [-0.2, 0) is 0 Å². The SMILES string of the molecule is CCC1CCC(c2ccnc3ccc(F)cc23)CCC1N. The molecule has 0 amide bonds. The summed E-state index contributed by atoms with van der Waals surface area (Å²) < 4.78 is 13.6. The van der Waals surface area contributed by atoms with Crippen LogP contribution in [0.5, 0.6) is 0 Å². The Morgan fingerprint density at radius 3 is 2.81 bits per heavy atom. The van der Waals surface area contributed by atoms with Crippen LogP contribution in [0, 0.1) is 11.7 Å². The zero-order chi connectivity index (χ0) is 14.8. The highest BCUT2D eigenvalue weighted by Gasteiger charge is 2.25. The summed E-state index contributed by atoms with van der Waals surface area (Å²) in [5.74, 6) is 0.910.